The molecule has 0 saturated heterocycles. The molecule has 2 aliphatic heterocycles. The SMILES string of the molecule is O=C1C=CC(=O)C(c2c3nc(c(-c4ccccc4)c4ccc([nH]4)c(-c4ccccc4)c4nc(c(-c5ccccc5)c5ccc2[nH]5)CC4)CC3)=C1. The van der Waals surface area contributed by atoms with Crippen LogP contribution in [-0.4, -0.2) is 31.5 Å². The summed E-state index contributed by atoms with van der Waals surface area (Å²) in [6, 6.07) is 39.5. The summed E-state index contributed by atoms with van der Waals surface area (Å²) in [7, 11) is 0. The highest BCUT2D eigenvalue weighted by molar-refractivity contribution is 6.35. The van der Waals surface area contributed by atoms with Crippen molar-refractivity contribution in [1.29, 1.82) is 0 Å². The fraction of sp³-hybridized carbons (Fsp3) is 0.0909. The van der Waals surface area contributed by atoms with Gasteiger partial charge in [-0.25, -0.2) is 0 Å². The van der Waals surface area contributed by atoms with Crippen molar-refractivity contribution in [3.05, 3.63) is 162 Å². The number of benzene rings is 3. The van der Waals surface area contributed by atoms with Crippen LogP contribution < -0.4 is 0 Å². The van der Waals surface area contributed by atoms with Crippen molar-refractivity contribution >= 4 is 39.2 Å². The predicted octanol–water partition coefficient (Wildman–Crippen LogP) is 8.98. The van der Waals surface area contributed by atoms with Crippen molar-refractivity contribution in [3.8, 4) is 33.4 Å². The van der Waals surface area contributed by atoms with Gasteiger partial charge >= 0.3 is 0 Å². The second-order valence-electron chi connectivity index (χ2n) is 12.8. The van der Waals surface area contributed by atoms with Crippen LogP contribution >= 0.6 is 0 Å². The Morgan fingerprint density at radius 3 is 1.18 bits per heavy atom. The molecular weight excluding hydrogens is 617 g/mol. The van der Waals surface area contributed by atoms with Crippen LogP contribution in [0.2, 0.25) is 0 Å². The van der Waals surface area contributed by atoms with Crippen molar-refractivity contribution in [2.45, 2.75) is 25.7 Å². The quantitative estimate of drug-likeness (QED) is 0.187. The van der Waals surface area contributed by atoms with Gasteiger partial charge in [-0.3, -0.25) is 19.6 Å². The number of ketones is 2. The molecule has 0 saturated carbocycles. The molecule has 0 unspecified atom stereocenters. The van der Waals surface area contributed by atoms with Crippen LogP contribution in [-0.2, 0) is 35.3 Å². The van der Waals surface area contributed by atoms with Crippen molar-refractivity contribution in [2.75, 3.05) is 0 Å². The molecule has 240 valence electrons. The maximum absolute atomic E-state index is 13.5. The molecule has 8 bridgehead atoms. The Bertz CT molecular complexity index is 2520. The Balaban J connectivity index is 1.47. The van der Waals surface area contributed by atoms with Crippen molar-refractivity contribution < 1.29 is 9.59 Å². The fourth-order valence-corrected chi connectivity index (χ4v) is 7.53. The zero-order valence-electron chi connectivity index (χ0n) is 27.2. The van der Waals surface area contributed by atoms with Gasteiger partial charge < -0.3 is 9.97 Å². The van der Waals surface area contributed by atoms with E-state index in [0.29, 0.717) is 24.0 Å². The third-order valence-corrected chi connectivity index (χ3v) is 9.75. The summed E-state index contributed by atoms with van der Waals surface area (Å²) in [5.74, 6) is -0.423. The minimum atomic E-state index is -0.213. The number of carbonyl (C=O) groups excluding carboxylic acids is 2. The number of rotatable bonds is 4. The Morgan fingerprint density at radius 1 is 0.420 bits per heavy atom. The largest absolute Gasteiger partial charge is 0.354 e. The maximum atomic E-state index is 13.5. The molecule has 3 aromatic heterocycles. The maximum Gasteiger partial charge on any atom is 0.186 e. The summed E-state index contributed by atoms with van der Waals surface area (Å²) in [5.41, 5.74) is 14.6. The van der Waals surface area contributed by atoms with E-state index in [9.17, 15) is 9.59 Å². The van der Waals surface area contributed by atoms with Gasteiger partial charge in [0.2, 0.25) is 0 Å². The van der Waals surface area contributed by atoms with Gasteiger partial charge in [-0.1, -0.05) is 91.0 Å². The Morgan fingerprint density at radius 2 is 0.780 bits per heavy atom. The summed E-state index contributed by atoms with van der Waals surface area (Å²) in [6.45, 7) is 0. The molecule has 0 radical (unpaired) electrons. The fourth-order valence-electron chi connectivity index (χ4n) is 7.53. The van der Waals surface area contributed by atoms with Gasteiger partial charge in [-0.05, 0) is 84.9 Å². The first kappa shape index (κ1) is 29.7. The number of aryl methyl sites for hydroxylation is 4. The lowest BCUT2D eigenvalue weighted by atomic mass is 9.94. The number of aromatic amines is 2. The van der Waals surface area contributed by atoms with E-state index in [1.165, 1.54) is 18.2 Å². The number of fused-ring (bicyclic) bond motifs is 8. The van der Waals surface area contributed by atoms with Gasteiger partial charge in [0.15, 0.2) is 11.6 Å². The van der Waals surface area contributed by atoms with Crippen LogP contribution in [0.5, 0.6) is 0 Å². The zero-order valence-corrected chi connectivity index (χ0v) is 27.2. The van der Waals surface area contributed by atoms with E-state index in [2.05, 4.69) is 76.7 Å². The van der Waals surface area contributed by atoms with Gasteiger partial charge in [-0.15, -0.1) is 0 Å². The summed E-state index contributed by atoms with van der Waals surface area (Å²) in [4.78, 5) is 44.3. The number of aromatic nitrogens is 4. The van der Waals surface area contributed by atoms with E-state index < -0.39 is 0 Å². The summed E-state index contributed by atoms with van der Waals surface area (Å²) < 4.78 is 0. The molecule has 9 rings (SSSR count). The van der Waals surface area contributed by atoms with E-state index in [0.717, 1.165) is 91.1 Å². The molecule has 0 fully saturated rings. The van der Waals surface area contributed by atoms with E-state index in [1.807, 2.05) is 48.5 Å². The number of H-pyrrole nitrogens is 2. The van der Waals surface area contributed by atoms with E-state index in [-0.39, 0.29) is 11.6 Å². The Labute approximate surface area is 288 Å². The van der Waals surface area contributed by atoms with Crippen LogP contribution in [0.15, 0.2) is 133 Å². The minimum absolute atomic E-state index is 0.210. The number of allylic oxidation sites excluding steroid dienone is 4. The summed E-state index contributed by atoms with van der Waals surface area (Å²) in [5, 5.41) is 0. The van der Waals surface area contributed by atoms with Crippen LogP contribution in [0.4, 0.5) is 0 Å². The number of hydrogen-bond acceptors (Lipinski definition) is 4. The molecule has 6 aromatic rings. The van der Waals surface area contributed by atoms with Crippen molar-refractivity contribution in [3.63, 3.8) is 0 Å². The highest BCUT2D eigenvalue weighted by atomic mass is 16.1. The first-order valence-electron chi connectivity index (χ1n) is 17.0. The molecule has 6 heteroatoms. The molecule has 3 aromatic carbocycles. The van der Waals surface area contributed by atoms with Gasteiger partial charge in [-0.2, -0.15) is 0 Å². The van der Waals surface area contributed by atoms with Crippen LogP contribution in [0, 0.1) is 0 Å². The first-order valence-corrected chi connectivity index (χ1v) is 17.0. The van der Waals surface area contributed by atoms with Gasteiger partial charge in [0.25, 0.3) is 0 Å². The van der Waals surface area contributed by atoms with Crippen molar-refractivity contribution in [2.24, 2.45) is 0 Å². The smallest absolute Gasteiger partial charge is 0.186 e. The monoisotopic (exact) mass is 648 g/mol. The molecule has 6 nitrogen and oxygen atoms in total. The molecule has 5 heterocycles. The van der Waals surface area contributed by atoms with E-state index in [1.54, 1.807) is 0 Å². The predicted molar refractivity (Wildman–Crippen MR) is 199 cm³/mol. The molecule has 1 aliphatic carbocycles. The zero-order chi connectivity index (χ0) is 33.6. The number of nitrogens with zero attached hydrogens (tertiary/aromatic N) is 2. The van der Waals surface area contributed by atoms with Gasteiger partial charge in [0.05, 0.1) is 22.8 Å². The van der Waals surface area contributed by atoms with Crippen LogP contribution in [0.3, 0.4) is 0 Å². The molecule has 0 atom stereocenters. The Kier molecular flexibility index (Phi) is 7.28. The second kappa shape index (κ2) is 12.2. The first-order chi connectivity index (χ1) is 24.6. The molecule has 0 spiro atoms. The molecular formula is C44H32N4O2. The second-order valence-corrected chi connectivity index (χ2v) is 12.8. The number of hydrogen-bond donors (Lipinski definition) is 2. The average molecular weight is 649 g/mol. The summed E-state index contributed by atoms with van der Waals surface area (Å²) >= 11 is 0. The normalized spacial score (nSPS) is 14.2. The third-order valence-electron chi connectivity index (χ3n) is 9.75. The van der Waals surface area contributed by atoms with Crippen LogP contribution in [0.1, 0.15) is 28.3 Å². The standard InChI is InChI=1S/C44H32N4O2/c49-30-16-25-40(50)31(26-30)44-38-23-21-36(47-38)42(28-12-6-2-7-13-28)34-19-17-32(45-34)41(27-10-4-1-5-11-27)33-18-20-35(46-33)43(29-14-8-3-9-15-29)37-22-24-39(44)48-37/h1-17,19,22,24-26,45,48H,18,20-21,23H2. The topological polar surface area (TPSA) is 91.5 Å². The number of nitrogens with one attached hydrogen (secondary N) is 2. The van der Waals surface area contributed by atoms with Crippen LogP contribution in [0.25, 0.3) is 61.0 Å². The number of carbonyl (C=O) groups is 2. The highest BCUT2D eigenvalue weighted by Gasteiger charge is 2.25. The van der Waals surface area contributed by atoms with E-state index >= 15 is 0 Å². The minimum Gasteiger partial charge on any atom is -0.354 e. The lowest BCUT2D eigenvalue weighted by molar-refractivity contribution is -0.113. The van der Waals surface area contributed by atoms with Crippen molar-refractivity contribution in [1.82, 2.24) is 19.9 Å². The molecule has 3 aliphatic rings. The van der Waals surface area contributed by atoms with Gasteiger partial charge in [0.1, 0.15) is 0 Å². The lowest BCUT2D eigenvalue weighted by Crippen LogP contribution is -2.08. The summed E-state index contributed by atoms with van der Waals surface area (Å²) in [6.07, 6.45) is 6.98. The van der Waals surface area contributed by atoms with E-state index in [4.69, 9.17) is 9.97 Å². The lowest BCUT2D eigenvalue weighted by Gasteiger charge is -2.09. The highest BCUT2D eigenvalue weighted by Crippen LogP contribution is 2.37. The van der Waals surface area contributed by atoms with Gasteiger partial charge in [0, 0.05) is 49.9 Å². The third kappa shape index (κ3) is 5.22. The molecule has 50 heavy (non-hydrogen) atoms. The average Bonchev–Trinajstić information content (AvgIpc) is 3.99. The Hall–Kier alpha value is -6.40. The molecule has 0 amide bonds. The molecule has 2 N–H and O–H groups in total.